The van der Waals surface area contributed by atoms with Crippen LogP contribution >= 0.6 is 0 Å². The van der Waals surface area contributed by atoms with Gasteiger partial charge in [0, 0.05) is 12.8 Å². The van der Waals surface area contributed by atoms with Gasteiger partial charge in [-0.15, -0.1) is 0 Å². The van der Waals surface area contributed by atoms with E-state index in [9.17, 15) is 4.79 Å². The molecule has 1 saturated carbocycles. The highest BCUT2D eigenvalue weighted by molar-refractivity contribution is 5.98. The number of hydrogen-bond acceptors (Lipinski definition) is 2. The lowest BCUT2D eigenvalue weighted by Gasteiger charge is -2.53. The molecule has 1 rings (SSSR count). The van der Waals surface area contributed by atoms with E-state index in [1.165, 1.54) is 0 Å². The monoisotopic (exact) mass is 270 g/mol. The van der Waals surface area contributed by atoms with E-state index in [0.717, 1.165) is 23.3 Å². The zero-order valence-corrected chi connectivity index (χ0v) is 15.1. The van der Waals surface area contributed by atoms with Gasteiger partial charge in [0.2, 0.25) is 0 Å². The van der Waals surface area contributed by atoms with Gasteiger partial charge in [-0.25, -0.2) is 0 Å². The third-order valence-electron chi connectivity index (χ3n) is 4.89. The molecule has 0 amide bonds. The van der Waals surface area contributed by atoms with E-state index in [4.69, 9.17) is 4.43 Å². The Labute approximate surface area is 115 Å². The van der Waals surface area contributed by atoms with Crippen molar-refractivity contribution in [3.05, 3.63) is 0 Å². The number of Topliss-reactive ketones (excluding diaryl/α,β-unsaturated/α-hetero) is 1. The Hall–Kier alpha value is -0.153. The second-order valence-electron chi connectivity index (χ2n) is 6.84. The Morgan fingerprint density at radius 2 is 1.56 bits per heavy atom. The molecule has 0 heterocycles. The van der Waals surface area contributed by atoms with Crippen LogP contribution in [0.4, 0.5) is 0 Å². The highest BCUT2D eigenvalue weighted by atomic mass is 28.2. The van der Waals surface area contributed by atoms with Crippen molar-refractivity contribution < 1.29 is 9.22 Å². The molecular formula is C15H30O2Si. The molecule has 0 aromatic heterocycles. The average molecular weight is 270 g/mol. The Bertz CT molecular complexity index is 281. The fourth-order valence-electron chi connectivity index (χ4n) is 4.26. The summed E-state index contributed by atoms with van der Waals surface area (Å²) in [7, 11) is 0.768. The van der Waals surface area contributed by atoms with E-state index >= 15 is 0 Å². The minimum atomic E-state index is -0.0498. The van der Waals surface area contributed by atoms with E-state index in [-0.39, 0.29) is 5.60 Å². The van der Waals surface area contributed by atoms with Gasteiger partial charge in [-0.1, -0.05) is 41.5 Å². The summed E-state index contributed by atoms with van der Waals surface area (Å²) >= 11 is 0. The van der Waals surface area contributed by atoms with Crippen LogP contribution in [-0.2, 0) is 9.22 Å². The van der Waals surface area contributed by atoms with Crippen molar-refractivity contribution in [2.24, 2.45) is 29.6 Å². The van der Waals surface area contributed by atoms with Gasteiger partial charge in [0.25, 0.3) is 0 Å². The molecule has 106 valence electrons. The van der Waals surface area contributed by atoms with Gasteiger partial charge in [-0.05, 0) is 29.6 Å². The van der Waals surface area contributed by atoms with Gasteiger partial charge >= 0.3 is 0 Å². The van der Waals surface area contributed by atoms with E-state index < -0.39 is 0 Å². The normalized spacial score (nSPS) is 19.9. The first-order chi connectivity index (χ1) is 8.27. The molecule has 0 spiro atoms. The number of ketones is 1. The maximum Gasteiger partial charge on any atom is 0.146 e. The first-order valence-electron chi connectivity index (χ1n) is 7.34. The van der Waals surface area contributed by atoms with Crippen LogP contribution < -0.4 is 0 Å². The Morgan fingerprint density at radius 3 is 1.78 bits per heavy atom. The van der Waals surface area contributed by atoms with Crippen molar-refractivity contribution >= 4 is 16.3 Å². The molecule has 0 bridgehead atoms. The van der Waals surface area contributed by atoms with Crippen LogP contribution in [0.5, 0.6) is 0 Å². The summed E-state index contributed by atoms with van der Waals surface area (Å²) in [6.07, 6.45) is 1.55. The summed E-state index contributed by atoms with van der Waals surface area (Å²) < 4.78 is 6.20. The number of rotatable bonds is 6. The van der Waals surface area contributed by atoms with Crippen LogP contribution in [-0.4, -0.2) is 21.9 Å². The van der Waals surface area contributed by atoms with Crippen LogP contribution in [0.1, 0.15) is 54.4 Å². The first kappa shape index (κ1) is 15.9. The van der Waals surface area contributed by atoms with Crippen LogP contribution in [0.15, 0.2) is 0 Å². The zero-order chi connectivity index (χ0) is 14.1. The number of hydrogen-bond donors (Lipinski definition) is 0. The summed E-state index contributed by atoms with van der Waals surface area (Å²) in [5.74, 6) is 3.04. The van der Waals surface area contributed by atoms with E-state index in [1.54, 1.807) is 0 Å². The zero-order valence-electron chi connectivity index (χ0n) is 13.1. The lowest BCUT2D eigenvalue weighted by atomic mass is 9.58. The molecule has 1 atom stereocenters. The molecule has 0 saturated heterocycles. The van der Waals surface area contributed by atoms with E-state index in [0.29, 0.717) is 35.4 Å². The Balaban J connectivity index is 3.09. The third kappa shape index (κ3) is 2.57. The molecule has 0 radical (unpaired) electrons. The van der Waals surface area contributed by atoms with Crippen molar-refractivity contribution in [3.63, 3.8) is 0 Å². The van der Waals surface area contributed by atoms with E-state index in [2.05, 4.69) is 41.5 Å². The fraction of sp³-hybridized carbons (Fsp3) is 0.933. The van der Waals surface area contributed by atoms with Gasteiger partial charge in [0.1, 0.15) is 16.3 Å². The highest BCUT2D eigenvalue weighted by Crippen LogP contribution is 2.49. The molecule has 1 unspecified atom stereocenters. The molecule has 1 aliphatic rings. The third-order valence-corrected chi connectivity index (χ3v) is 5.59. The molecule has 1 aliphatic carbocycles. The minimum Gasteiger partial charge on any atom is -0.422 e. The van der Waals surface area contributed by atoms with Crippen LogP contribution in [0.25, 0.3) is 0 Å². The van der Waals surface area contributed by atoms with Crippen molar-refractivity contribution in [2.75, 3.05) is 0 Å². The number of carbonyl (C=O) groups excluding carboxylic acids is 1. The Kier molecular flexibility index (Phi) is 5.19. The molecule has 18 heavy (non-hydrogen) atoms. The lowest BCUT2D eigenvalue weighted by molar-refractivity contribution is -0.143. The SMILES string of the molecule is CC(C)C(C1CC(=O)C1)C(O[SiH3])(C(C)C)C(C)C. The molecule has 0 aliphatic heterocycles. The molecule has 0 N–H and O–H groups in total. The molecule has 3 heteroatoms. The fourth-order valence-corrected chi connectivity index (χ4v) is 5.47. The highest BCUT2D eigenvalue weighted by Gasteiger charge is 2.51. The van der Waals surface area contributed by atoms with E-state index in [1.807, 2.05) is 0 Å². The maximum atomic E-state index is 11.4. The Morgan fingerprint density at radius 1 is 1.11 bits per heavy atom. The standard InChI is InChI=1S/C15H30O2Si/c1-9(2)14(12-7-13(16)8-12)15(17-18,10(3)4)11(5)6/h9-12,14H,7-8H2,1-6,18H3. The van der Waals surface area contributed by atoms with Crippen molar-refractivity contribution in [1.29, 1.82) is 0 Å². The predicted octanol–water partition coefficient (Wildman–Crippen LogP) is 2.59. The quantitative estimate of drug-likeness (QED) is 0.694. The topological polar surface area (TPSA) is 26.3 Å². The van der Waals surface area contributed by atoms with Crippen LogP contribution in [0.2, 0.25) is 0 Å². The largest absolute Gasteiger partial charge is 0.422 e. The molecule has 2 nitrogen and oxygen atoms in total. The molecular weight excluding hydrogens is 240 g/mol. The van der Waals surface area contributed by atoms with Crippen LogP contribution in [0.3, 0.4) is 0 Å². The van der Waals surface area contributed by atoms with Gasteiger partial charge in [0.15, 0.2) is 0 Å². The van der Waals surface area contributed by atoms with Crippen molar-refractivity contribution in [3.8, 4) is 0 Å². The predicted molar refractivity (Wildman–Crippen MR) is 79.5 cm³/mol. The minimum absolute atomic E-state index is 0.0498. The van der Waals surface area contributed by atoms with Crippen LogP contribution in [0, 0.1) is 29.6 Å². The smallest absolute Gasteiger partial charge is 0.146 e. The summed E-state index contributed by atoms with van der Waals surface area (Å²) in [4.78, 5) is 11.4. The first-order valence-corrected chi connectivity index (χ1v) is 8.15. The molecule has 1 fully saturated rings. The second kappa shape index (κ2) is 5.87. The molecule has 0 aromatic rings. The lowest BCUT2D eigenvalue weighted by Crippen LogP contribution is -2.56. The summed E-state index contributed by atoms with van der Waals surface area (Å²) in [6, 6.07) is 0. The van der Waals surface area contributed by atoms with Crippen molar-refractivity contribution in [1.82, 2.24) is 0 Å². The van der Waals surface area contributed by atoms with Gasteiger partial charge < -0.3 is 4.43 Å². The van der Waals surface area contributed by atoms with Gasteiger partial charge in [-0.3, -0.25) is 4.79 Å². The summed E-state index contributed by atoms with van der Waals surface area (Å²) in [5, 5.41) is 0. The maximum absolute atomic E-state index is 11.4. The van der Waals surface area contributed by atoms with Crippen molar-refractivity contribution in [2.45, 2.75) is 60.0 Å². The second-order valence-corrected chi connectivity index (χ2v) is 7.25. The molecule has 0 aromatic carbocycles. The average Bonchev–Trinajstić information content (AvgIpc) is 2.20. The van der Waals surface area contributed by atoms with Gasteiger partial charge in [0.05, 0.1) is 5.60 Å². The summed E-state index contributed by atoms with van der Waals surface area (Å²) in [6.45, 7) is 13.7. The van der Waals surface area contributed by atoms with Gasteiger partial charge in [-0.2, -0.15) is 0 Å². The number of carbonyl (C=O) groups is 1. The summed E-state index contributed by atoms with van der Waals surface area (Å²) in [5.41, 5.74) is -0.0498.